The predicted octanol–water partition coefficient (Wildman–Crippen LogP) is 1.95. The molecule has 4 rings (SSSR count). The molecule has 126 valence electrons. The zero-order chi connectivity index (χ0) is 18.3. The molecule has 0 unspecified atom stereocenters. The Morgan fingerprint density at radius 1 is 1.20 bits per heavy atom. The molecule has 0 aromatic heterocycles. The molecule has 25 heavy (non-hydrogen) atoms. The number of piperidine rings is 2. The number of fused-ring (bicyclic) bond motifs is 3. The van der Waals surface area contributed by atoms with Crippen molar-refractivity contribution in [3.63, 3.8) is 0 Å². The van der Waals surface area contributed by atoms with Crippen LogP contribution in [0.3, 0.4) is 0 Å². The lowest BCUT2D eigenvalue weighted by atomic mass is 9.43. The van der Waals surface area contributed by atoms with Crippen LogP contribution in [0.15, 0.2) is 30.3 Å². The van der Waals surface area contributed by atoms with Crippen LogP contribution in [0.25, 0.3) is 0 Å². The number of nitrogens with one attached hydrogen (secondary N) is 1. The fourth-order valence-electron chi connectivity index (χ4n) is 4.64. The summed E-state index contributed by atoms with van der Waals surface area (Å²) in [5, 5.41) is 43.3. The largest absolute Gasteiger partial charge is 0.371 e. The number of carbonyl (C=O) groups excluding carboxylic acids is 1. The third-order valence-corrected chi connectivity index (χ3v) is 5.69. The average Bonchev–Trinajstić information content (AvgIpc) is 2.63. The van der Waals surface area contributed by atoms with Crippen molar-refractivity contribution in [3.05, 3.63) is 35.9 Å². The molecule has 2 saturated heterocycles. The second-order valence-corrected chi connectivity index (χ2v) is 6.89. The molecule has 1 saturated carbocycles. The van der Waals surface area contributed by atoms with Crippen molar-refractivity contribution in [2.24, 2.45) is 16.7 Å². The highest BCUT2D eigenvalue weighted by Crippen LogP contribution is 2.65. The van der Waals surface area contributed by atoms with Crippen molar-refractivity contribution in [3.8, 4) is 18.2 Å². The van der Waals surface area contributed by atoms with Gasteiger partial charge < -0.3 is 10.4 Å². The number of nitrogens with zero attached hydrogens (tertiary/aromatic N) is 3. The summed E-state index contributed by atoms with van der Waals surface area (Å²) in [6, 6.07) is 14.8. The highest BCUT2D eigenvalue weighted by molar-refractivity contribution is 5.92. The summed E-state index contributed by atoms with van der Waals surface area (Å²) in [5.74, 6) is -1.93. The summed E-state index contributed by atoms with van der Waals surface area (Å²) < 4.78 is 0. The van der Waals surface area contributed by atoms with Crippen molar-refractivity contribution in [1.82, 2.24) is 5.32 Å². The first-order valence-corrected chi connectivity index (χ1v) is 8.28. The minimum absolute atomic E-state index is 0.264. The van der Waals surface area contributed by atoms with E-state index in [1.165, 1.54) is 0 Å². The van der Waals surface area contributed by atoms with Crippen molar-refractivity contribution in [2.75, 3.05) is 0 Å². The van der Waals surface area contributed by atoms with Gasteiger partial charge in [-0.1, -0.05) is 43.7 Å². The Morgan fingerprint density at radius 3 is 2.36 bits per heavy atom. The predicted molar refractivity (Wildman–Crippen MR) is 87.0 cm³/mol. The Labute approximate surface area is 146 Å². The van der Waals surface area contributed by atoms with E-state index >= 15 is 0 Å². The Balaban J connectivity index is 2.35. The third-order valence-electron chi connectivity index (χ3n) is 5.69. The quantitative estimate of drug-likeness (QED) is 0.875. The van der Waals surface area contributed by atoms with E-state index in [1.807, 2.05) is 31.2 Å². The minimum atomic E-state index is -1.90. The van der Waals surface area contributed by atoms with Crippen molar-refractivity contribution >= 4 is 5.91 Å². The lowest BCUT2D eigenvalue weighted by Crippen LogP contribution is -2.76. The molecule has 1 aliphatic carbocycles. The molecule has 2 bridgehead atoms. The second kappa shape index (κ2) is 5.59. The van der Waals surface area contributed by atoms with Crippen LogP contribution in [0.4, 0.5) is 0 Å². The smallest absolute Gasteiger partial charge is 0.246 e. The molecule has 6 heteroatoms. The van der Waals surface area contributed by atoms with Gasteiger partial charge in [0.1, 0.15) is 5.72 Å². The van der Waals surface area contributed by atoms with Gasteiger partial charge in [-0.05, 0) is 12.0 Å². The van der Waals surface area contributed by atoms with E-state index in [1.54, 1.807) is 24.3 Å². The van der Waals surface area contributed by atoms with E-state index in [0.717, 1.165) is 6.42 Å². The first-order chi connectivity index (χ1) is 11.9. The van der Waals surface area contributed by atoms with Crippen LogP contribution in [0, 0.1) is 50.7 Å². The van der Waals surface area contributed by atoms with Crippen LogP contribution in [0.2, 0.25) is 0 Å². The number of hydrogen-bond donors (Lipinski definition) is 2. The van der Waals surface area contributed by atoms with Gasteiger partial charge in [-0.3, -0.25) is 4.79 Å². The zero-order valence-electron chi connectivity index (χ0n) is 13.9. The molecule has 0 spiro atoms. The molecule has 2 aliphatic heterocycles. The fraction of sp³-hybridized carbons (Fsp3) is 0.474. The van der Waals surface area contributed by atoms with Gasteiger partial charge in [-0.25, -0.2) is 0 Å². The standard InChI is InChI=1S/C19H18N4O2/c1-2-6-14-15(13-7-4-3-5-8-13)18(12-22)16(24)23-19(14,25)9-17(18,10-20)11-21/h3-5,7-8,14-15,25H,2,6,9H2,1H3,(H,23,24)/t14-,15-,18+,19+/m0/s1. The van der Waals surface area contributed by atoms with E-state index in [9.17, 15) is 25.7 Å². The Morgan fingerprint density at radius 2 is 1.84 bits per heavy atom. The summed E-state index contributed by atoms with van der Waals surface area (Å²) in [5.41, 5.74) is -4.76. The normalized spacial score (nSPS) is 35.1. The molecule has 0 radical (unpaired) electrons. The zero-order valence-corrected chi connectivity index (χ0v) is 13.9. The maximum atomic E-state index is 12.9. The monoisotopic (exact) mass is 334 g/mol. The molecule has 1 aromatic carbocycles. The average molecular weight is 334 g/mol. The summed E-state index contributed by atoms with van der Waals surface area (Å²) in [6.07, 6.45) is 1.03. The Kier molecular flexibility index (Phi) is 3.79. The van der Waals surface area contributed by atoms with Crippen LogP contribution in [0.5, 0.6) is 0 Å². The van der Waals surface area contributed by atoms with Gasteiger partial charge in [-0.2, -0.15) is 15.8 Å². The number of rotatable bonds is 3. The van der Waals surface area contributed by atoms with Crippen LogP contribution in [-0.4, -0.2) is 16.7 Å². The number of amides is 1. The van der Waals surface area contributed by atoms with Gasteiger partial charge in [0.05, 0.1) is 18.2 Å². The fourth-order valence-corrected chi connectivity index (χ4v) is 4.64. The molecule has 2 heterocycles. The highest BCUT2D eigenvalue weighted by Gasteiger charge is 2.77. The molecule has 2 N–H and O–H groups in total. The summed E-state index contributed by atoms with van der Waals surface area (Å²) in [4.78, 5) is 12.9. The lowest BCUT2D eigenvalue weighted by molar-refractivity contribution is -0.197. The van der Waals surface area contributed by atoms with Gasteiger partial charge in [0.25, 0.3) is 0 Å². The van der Waals surface area contributed by atoms with E-state index in [0.29, 0.717) is 12.0 Å². The SMILES string of the molecule is CCC[C@H]1[C@H](c2ccccc2)[C@]2(C#N)C(=O)N[C@@]1(O)CC2(C#N)C#N. The van der Waals surface area contributed by atoms with Gasteiger partial charge >= 0.3 is 0 Å². The second-order valence-electron chi connectivity index (χ2n) is 6.89. The molecule has 4 atom stereocenters. The Hall–Kier alpha value is -2.88. The summed E-state index contributed by atoms with van der Waals surface area (Å²) >= 11 is 0. The van der Waals surface area contributed by atoms with Crippen LogP contribution < -0.4 is 5.32 Å². The van der Waals surface area contributed by atoms with E-state index in [4.69, 9.17) is 0 Å². The molecular weight excluding hydrogens is 316 g/mol. The van der Waals surface area contributed by atoms with Crippen molar-refractivity contribution in [1.29, 1.82) is 15.8 Å². The van der Waals surface area contributed by atoms with Crippen LogP contribution in [0.1, 0.15) is 37.7 Å². The van der Waals surface area contributed by atoms with Crippen molar-refractivity contribution in [2.45, 2.75) is 37.8 Å². The number of hydrogen-bond acceptors (Lipinski definition) is 5. The number of aliphatic hydroxyl groups is 1. The van der Waals surface area contributed by atoms with Gasteiger partial charge in [-0.15, -0.1) is 0 Å². The van der Waals surface area contributed by atoms with Gasteiger partial charge in [0.2, 0.25) is 5.91 Å². The summed E-state index contributed by atoms with van der Waals surface area (Å²) in [7, 11) is 0. The van der Waals surface area contributed by atoms with E-state index in [-0.39, 0.29) is 6.42 Å². The molecule has 3 aliphatic rings. The first-order valence-electron chi connectivity index (χ1n) is 8.28. The van der Waals surface area contributed by atoms with Crippen molar-refractivity contribution < 1.29 is 9.90 Å². The van der Waals surface area contributed by atoms with E-state index in [2.05, 4.69) is 5.32 Å². The maximum Gasteiger partial charge on any atom is 0.246 e. The van der Waals surface area contributed by atoms with Crippen LogP contribution in [-0.2, 0) is 4.79 Å². The molecule has 6 nitrogen and oxygen atoms in total. The number of benzene rings is 1. The van der Waals surface area contributed by atoms with Gasteiger partial charge in [0, 0.05) is 18.3 Å². The first kappa shape index (κ1) is 17.0. The lowest BCUT2D eigenvalue weighted by Gasteiger charge is -2.61. The van der Waals surface area contributed by atoms with Crippen LogP contribution >= 0.6 is 0 Å². The molecule has 1 amide bonds. The van der Waals surface area contributed by atoms with E-state index < -0.39 is 34.3 Å². The topological polar surface area (TPSA) is 121 Å². The molecule has 1 aromatic rings. The number of nitriles is 3. The summed E-state index contributed by atoms with van der Waals surface area (Å²) in [6.45, 7) is 1.95. The highest BCUT2D eigenvalue weighted by atomic mass is 16.3. The number of carbonyl (C=O) groups is 1. The van der Waals surface area contributed by atoms with Gasteiger partial charge in [0.15, 0.2) is 10.8 Å². The molecular formula is C19H18N4O2. The Bertz CT molecular complexity index is 818. The maximum absolute atomic E-state index is 12.9. The minimum Gasteiger partial charge on any atom is -0.371 e. The third kappa shape index (κ3) is 1.94. The molecule has 3 fully saturated rings.